The van der Waals surface area contributed by atoms with Crippen molar-refractivity contribution in [2.45, 2.75) is 13.8 Å². The molecule has 0 atom stereocenters. The summed E-state index contributed by atoms with van der Waals surface area (Å²) in [5, 5.41) is 5.31. The molecule has 3 aromatic rings. The molecule has 0 fully saturated rings. The van der Waals surface area contributed by atoms with E-state index in [1.165, 1.54) is 0 Å². The van der Waals surface area contributed by atoms with Crippen LogP contribution in [0.15, 0.2) is 48.5 Å². The third-order valence-corrected chi connectivity index (χ3v) is 6.47. The Kier molecular flexibility index (Phi) is 7.04. The summed E-state index contributed by atoms with van der Waals surface area (Å²) >= 11 is 7.04. The minimum atomic E-state index is -0.762. The number of urea groups is 1. The van der Waals surface area contributed by atoms with E-state index in [0.717, 1.165) is 27.4 Å². The van der Waals surface area contributed by atoms with Crippen LogP contribution in [0.3, 0.4) is 0 Å². The molecule has 34 heavy (non-hydrogen) atoms. The van der Waals surface area contributed by atoms with Gasteiger partial charge in [-0.1, -0.05) is 23.7 Å². The molecule has 10 heteroatoms. The van der Waals surface area contributed by atoms with E-state index in [2.05, 4.69) is 10.6 Å². The quantitative estimate of drug-likeness (QED) is 0.526. The van der Waals surface area contributed by atoms with Gasteiger partial charge in [-0.3, -0.25) is 9.59 Å². The van der Waals surface area contributed by atoms with E-state index in [1.807, 2.05) is 26.0 Å². The van der Waals surface area contributed by atoms with Crippen molar-refractivity contribution >= 4 is 52.2 Å². The van der Waals surface area contributed by atoms with Crippen LogP contribution in [0, 0.1) is 13.8 Å². The molecule has 2 heterocycles. The average molecular weight is 500 g/mol. The van der Waals surface area contributed by atoms with Crippen LogP contribution in [0.25, 0.3) is 0 Å². The molecule has 0 radical (unpaired) electrons. The molecule has 2 N–H and O–H groups in total. The number of imide groups is 1. The zero-order valence-corrected chi connectivity index (χ0v) is 20.1. The molecule has 4 amide bonds. The van der Waals surface area contributed by atoms with Gasteiger partial charge in [-0.2, -0.15) is 0 Å². The van der Waals surface area contributed by atoms with Gasteiger partial charge < -0.3 is 20.1 Å². The van der Waals surface area contributed by atoms with E-state index in [0.29, 0.717) is 34.7 Å². The summed E-state index contributed by atoms with van der Waals surface area (Å²) in [6.45, 7) is 4.29. The highest BCUT2D eigenvalue weighted by molar-refractivity contribution is 7.18. The predicted octanol–water partition coefficient (Wildman–Crippen LogP) is 4.78. The maximum atomic E-state index is 13.2. The van der Waals surface area contributed by atoms with Gasteiger partial charge in [0.25, 0.3) is 5.91 Å². The van der Waals surface area contributed by atoms with E-state index in [1.54, 1.807) is 36.4 Å². The van der Waals surface area contributed by atoms with Crippen molar-refractivity contribution in [1.29, 1.82) is 0 Å². The summed E-state index contributed by atoms with van der Waals surface area (Å²) in [5.74, 6) is -0.0575. The maximum absolute atomic E-state index is 13.2. The Morgan fingerprint density at radius 3 is 2.53 bits per heavy atom. The summed E-state index contributed by atoms with van der Waals surface area (Å²) in [7, 11) is 0. The van der Waals surface area contributed by atoms with E-state index >= 15 is 0 Å². The number of hydrogen-bond acceptors (Lipinski definition) is 6. The first-order chi connectivity index (χ1) is 16.3. The van der Waals surface area contributed by atoms with Gasteiger partial charge in [0.1, 0.15) is 13.2 Å². The van der Waals surface area contributed by atoms with Gasteiger partial charge in [0, 0.05) is 11.8 Å². The van der Waals surface area contributed by atoms with Gasteiger partial charge in [-0.25, -0.2) is 9.69 Å². The standard InChI is InChI=1S/C24H22ClN3O5S/c1-14-4-3-5-17(15(14)2)27-22(29)13-26-24(31)28(23(30)20-8-9-21(25)34-20)16-6-7-18-19(12-16)33-11-10-32-18/h3-9,12H,10-11,13H2,1-2H3,(H,26,31)(H,27,29). The van der Waals surface area contributed by atoms with Crippen LogP contribution >= 0.6 is 22.9 Å². The number of nitrogens with one attached hydrogen (secondary N) is 2. The highest BCUT2D eigenvalue weighted by atomic mass is 35.5. The second-order valence-electron chi connectivity index (χ2n) is 7.53. The van der Waals surface area contributed by atoms with Crippen molar-refractivity contribution in [1.82, 2.24) is 5.32 Å². The largest absolute Gasteiger partial charge is 0.486 e. The molecular weight excluding hydrogens is 478 g/mol. The number of benzene rings is 2. The number of anilines is 2. The Balaban J connectivity index is 1.53. The monoisotopic (exact) mass is 499 g/mol. The Labute approximate surface area is 205 Å². The van der Waals surface area contributed by atoms with Gasteiger partial charge in [-0.15, -0.1) is 11.3 Å². The fraction of sp³-hybridized carbons (Fsp3) is 0.208. The summed E-state index contributed by atoms with van der Waals surface area (Å²) in [6, 6.07) is 12.7. The summed E-state index contributed by atoms with van der Waals surface area (Å²) in [5.41, 5.74) is 2.90. The molecule has 0 aliphatic carbocycles. The van der Waals surface area contributed by atoms with Crippen LogP contribution < -0.4 is 25.0 Å². The summed E-state index contributed by atoms with van der Waals surface area (Å²) in [6.07, 6.45) is 0. The van der Waals surface area contributed by atoms with Gasteiger partial charge >= 0.3 is 6.03 Å². The maximum Gasteiger partial charge on any atom is 0.329 e. The van der Waals surface area contributed by atoms with Gasteiger partial charge in [0.2, 0.25) is 5.91 Å². The van der Waals surface area contributed by atoms with Crippen LogP contribution in [-0.2, 0) is 4.79 Å². The number of rotatable bonds is 5. The van der Waals surface area contributed by atoms with Crippen LogP contribution in [0.2, 0.25) is 4.34 Å². The first kappa shape index (κ1) is 23.6. The molecule has 0 saturated carbocycles. The Morgan fingerprint density at radius 1 is 1.03 bits per heavy atom. The van der Waals surface area contributed by atoms with E-state index in [4.69, 9.17) is 21.1 Å². The van der Waals surface area contributed by atoms with Crippen LogP contribution in [0.5, 0.6) is 11.5 Å². The van der Waals surface area contributed by atoms with Crippen molar-refractivity contribution in [2.24, 2.45) is 0 Å². The van der Waals surface area contributed by atoms with Crippen LogP contribution in [-0.4, -0.2) is 37.6 Å². The molecule has 1 aromatic heterocycles. The number of carbonyl (C=O) groups is 3. The minimum absolute atomic E-state index is 0.270. The second-order valence-corrected chi connectivity index (χ2v) is 9.24. The van der Waals surface area contributed by atoms with Crippen molar-refractivity contribution in [2.75, 3.05) is 30.0 Å². The molecule has 2 aromatic carbocycles. The molecular formula is C24H22ClN3O5S. The second kappa shape index (κ2) is 10.1. The highest BCUT2D eigenvalue weighted by Gasteiger charge is 2.28. The zero-order chi connectivity index (χ0) is 24.2. The van der Waals surface area contributed by atoms with Crippen molar-refractivity contribution in [3.8, 4) is 11.5 Å². The number of hydrogen-bond donors (Lipinski definition) is 2. The van der Waals surface area contributed by atoms with Crippen LogP contribution in [0.1, 0.15) is 20.8 Å². The van der Waals surface area contributed by atoms with E-state index in [-0.39, 0.29) is 17.1 Å². The minimum Gasteiger partial charge on any atom is -0.486 e. The fourth-order valence-corrected chi connectivity index (χ4v) is 4.33. The van der Waals surface area contributed by atoms with Gasteiger partial charge in [-0.05, 0) is 55.3 Å². The summed E-state index contributed by atoms with van der Waals surface area (Å²) < 4.78 is 11.5. The number of aryl methyl sites for hydroxylation is 1. The van der Waals surface area contributed by atoms with Crippen molar-refractivity contribution in [3.63, 3.8) is 0 Å². The normalized spacial score (nSPS) is 12.1. The molecule has 4 rings (SSSR count). The van der Waals surface area contributed by atoms with Gasteiger partial charge in [0.15, 0.2) is 11.5 Å². The SMILES string of the molecule is Cc1cccc(NC(=O)CNC(=O)N(C(=O)c2ccc(Cl)s2)c2ccc3c(c2)OCCO3)c1C. The molecule has 0 unspecified atom stereocenters. The third-order valence-electron chi connectivity index (χ3n) is 5.25. The Hall–Kier alpha value is -3.56. The lowest BCUT2D eigenvalue weighted by atomic mass is 10.1. The van der Waals surface area contributed by atoms with E-state index < -0.39 is 17.8 Å². The topological polar surface area (TPSA) is 97.0 Å². The lowest BCUT2D eigenvalue weighted by Crippen LogP contribution is -2.46. The van der Waals surface area contributed by atoms with Crippen LogP contribution in [0.4, 0.5) is 16.2 Å². The first-order valence-corrected chi connectivity index (χ1v) is 11.7. The number of thiophene rings is 1. The number of nitrogens with zero attached hydrogens (tertiary/aromatic N) is 1. The molecule has 176 valence electrons. The first-order valence-electron chi connectivity index (χ1n) is 10.5. The predicted molar refractivity (Wildman–Crippen MR) is 132 cm³/mol. The molecule has 8 nitrogen and oxygen atoms in total. The number of ether oxygens (including phenoxy) is 2. The molecule has 0 bridgehead atoms. The number of fused-ring (bicyclic) bond motifs is 1. The molecule has 0 saturated heterocycles. The Morgan fingerprint density at radius 2 is 1.79 bits per heavy atom. The number of carbonyl (C=O) groups excluding carboxylic acids is 3. The lowest BCUT2D eigenvalue weighted by Gasteiger charge is -2.24. The Bertz CT molecular complexity index is 1260. The van der Waals surface area contributed by atoms with Gasteiger partial charge in [0.05, 0.1) is 21.4 Å². The fourth-order valence-electron chi connectivity index (χ4n) is 3.35. The lowest BCUT2D eigenvalue weighted by molar-refractivity contribution is -0.115. The van der Waals surface area contributed by atoms with Crippen molar-refractivity contribution < 1.29 is 23.9 Å². The molecule has 1 aliphatic rings. The zero-order valence-electron chi connectivity index (χ0n) is 18.5. The highest BCUT2D eigenvalue weighted by Crippen LogP contribution is 2.35. The smallest absolute Gasteiger partial charge is 0.329 e. The third kappa shape index (κ3) is 5.16. The number of amides is 4. The molecule has 1 aliphatic heterocycles. The van der Waals surface area contributed by atoms with Crippen molar-refractivity contribution in [3.05, 3.63) is 68.9 Å². The number of halogens is 1. The average Bonchev–Trinajstić information content (AvgIpc) is 3.27. The molecule has 0 spiro atoms. The van der Waals surface area contributed by atoms with E-state index in [9.17, 15) is 14.4 Å². The summed E-state index contributed by atoms with van der Waals surface area (Å²) in [4.78, 5) is 40.1.